The quantitative estimate of drug-likeness (QED) is 0.797. The van der Waals surface area contributed by atoms with E-state index in [4.69, 9.17) is 5.73 Å². The molecule has 2 N–H and O–H groups in total. The maximum atomic E-state index is 5.86. The van der Waals surface area contributed by atoms with E-state index in [9.17, 15) is 0 Å². The first-order chi connectivity index (χ1) is 7.16. The summed E-state index contributed by atoms with van der Waals surface area (Å²) in [6.07, 6.45) is 0. The van der Waals surface area contributed by atoms with Crippen molar-refractivity contribution in [2.24, 2.45) is 0 Å². The van der Waals surface area contributed by atoms with Gasteiger partial charge in [0.2, 0.25) is 0 Å². The number of fused-ring (bicyclic) bond motifs is 1. The predicted molar refractivity (Wildman–Crippen MR) is 61.3 cm³/mol. The number of benzene rings is 1. The smallest absolute Gasteiger partial charge is 0.145 e. The van der Waals surface area contributed by atoms with Crippen LogP contribution >= 0.6 is 0 Å². The molecule has 15 heavy (non-hydrogen) atoms. The maximum Gasteiger partial charge on any atom is 0.145 e. The minimum absolute atomic E-state index is 0.553. The van der Waals surface area contributed by atoms with Gasteiger partial charge in [-0.15, -0.1) is 0 Å². The van der Waals surface area contributed by atoms with Crippen LogP contribution in [0.5, 0.6) is 0 Å². The summed E-state index contributed by atoms with van der Waals surface area (Å²) >= 11 is 0. The second-order valence-electron chi connectivity index (χ2n) is 3.78. The predicted octanol–water partition coefficient (Wildman–Crippen LogP) is 1.27. The highest BCUT2D eigenvalue weighted by atomic mass is 15.1. The molecule has 0 saturated carbocycles. The Labute approximate surface area is 88.7 Å². The average Bonchev–Trinajstić information content (AvgIpc) is 2.16. The molecule has 0 radical (unpaired) electrons. The highest BCUT2D eigenvalue weighted by molar-refractivity contribution is 5.87. The molecule has 4 nitrogen and oxygen atoms in total. The first-order valence-electron chi connectivity index (χ1n) is 4.82. The van der Waals surface area contributed by atoms with Gasteiger partial charge >= 0.3 is 0 Å². The zero-order valence-electron chi connectivity index (χ0n) is 8.94. The van der Waals surface area contributed by atoms with Gasteiger partial charge in [-0.25, -0.2) is 9.97 Å². The molecule has 1 aromatic heterocycles. The molecular weight excluding hydrogens is 188 g/mol. The summed E-state index contributed by atoms with van der Waals surface area (Å²) in [7, 11) is 3.96. The highest BCUT2D eigenvalue weighted by Crippen LogP contribution is 2.17. The Morgan fingerprint density at radius 3 is 2.67 bits per heavy atom. The number of nitrogens with two attached hydrogens (primary N) is 1. The molecule has 0 fully saturated rings. The third kappa shape index (κ3) is 2.05. The number of hydrogen-bond acceptors (Lipinski definition) is 4. The molecule has 4 heteroatoms. The van der Waals surface area contributed by atoms with Crippen molar-refractivity contribution >= 4 is 16.7 Å². The first kappa shape index (κ1) is 9.86. The van der Waals surface area contributed by atoms with E-state index in [2.05, 4.69) is 9.97 Å². The van der Waals surface area contributed by atoms with E-state index >= 15 is 0 Å². The lowest BCUT2D eigenvalue weighted by molar-refractivity contribution is 0.391. The van der Waals surface area contributed by atoms with Gasteiger partial charge in [-0.1, -0.05) is 12.1 Å². The molecule has 0 bridgehead atoms. The molecule has 0 aliphatic rings. The van der Waals surface area contributed by atoms with Gasteiger partial charge in [-0.05, 0) is 26.2 Å². The van der Waals surface area contributed by atoms with Gasteiger partial charge in [-0.2, -0.15) is 0 Å². The summed E-state index contributed by atoms with van der Waals surface area (Å²) in [6.45, 7) is 0.703. The van der Waals surface area contributed by atoms with E-state index in [-0.39, 0.29) is 0 Å². The maximum absolute atomic E-state index is 5.86. The van der Waals surface area contributed by atoms with Crippen molar-refractivity contribution in [2.45, 2.75) is 6.54 Å². The molecule has 78 valence electrons. The van der Waals surface area contributed by atoms with E-state index in [0.717, 1.165) is 16.7 Å². The van der Waals surface area contributed by atoms with Gasteiger partial charge < -0.3 is 10.6 Å². The molecular formula is C11H14N4. The summed E-state index contributed by atoms with van der Waals surface area (Å²) in [6, 6.07) is 7.78. The Morgan fingerprint density at radius 1 is 1.20 bits per heavy atom. The van der Waals surface area contributed by atoms with Gasteiger partial charge in [0.1, 0.15) is 11.6 Å². The number of nitrogens with zero attached hydrogens (tertiary/aromatic N) is 3. The van der Waals surface area contributed by atoms with Crippen molar-refractivity contribution in [1.29, 1.82) is 0 Å². The van der Waals surface area contributed by atoms with Gasteiger partial charge in [0.15, 0.2) is 0 Å². The first-order valence-corrected chi connectivity index (χ1v) is 4.82. The van der Waals surface area contributed by atoms with Crippen LogP contribution in [0.3, 0.4) is 0 Å². The van der Waals surface area contributed by atoms with Gasteiger partial charge in [0.25, 0.3) is 0 Å². The summed E-state index contributed by atoms with van der Waals surface area (Å²) in [5.41, 5.74) is 6.77. The zero-order chi connectivity index (χ0) is 10.8. The van der Waals surface area contributed by atoms with Crippen LogP contribution in [0.1, 0.15) is 5.82 Å². The van der Waals surface area contributed by atoms with E-state index < -0.39 is 0 Å². The molecule has 0 saturated heterocycles. The third-order valence-electron chi connectivity index (χ3n) is 2.14. The Hall–Kier alpha value is -1.68. The van der Waals surface area contributed by atoms with Crippen molar-refractivity contribution in [3.63, 3.8) is 0 Å². The Kier molecular flexibility index (Phi) is 2.51. The van der Waals surface area contributed by atoms with E-state index in [1.165, 1.54) is 0 Å². The molecule has 0 aliphatic heterocycles. The second-order valence-corrected chi connectivity index (χ2v) is 3.78. The second kappa shape index (κ2) is 3.82. The molecule has 1 heterocycles. The molecule has 0 spiro atoms. The molecule has 1 aromatic carbocycles. The fraction of sp³-hybridized carbons (Fsp3) is 0.273. The standard InChI is InChI=1S/C11H14N4/c1-15(2)7-10-13-9-6-4-3-5-8(9)11(12)14-10/h3-6H,7H2,1-2H3,(H2,12,13,14). The Morgan fingerprint density at radius 2 is 1.93 bits per heavy atom. The summed E-state index contributed by atoms with van der Waals surface area (Å²) in [5.74, 6) is 1.31. The Balaban J connectivity index is 2.52. The average molecular weight is 202 g/mol. The van der Waals surface area contributed by atoms with Crippen molar-refractivity contribution < 1.29 is 0 Å². The fourth-order valence-electron chi connectivity index (χ4n) is 1.50. The lowest BCUT2D eigenvalue weighted by Crippen LogP contribution is -2.14. The summed E-state index contributed by atoms with van der Waals surface area (Å²) < 4.78 is 0. The fourth-order valence-corrected chi connectivity index (χ4v) is 1.50. The van der Waals surface area contributed by atoms with E-state index in [1.807, 2.05) is 43.3 Å². The SMILES string of the molecule is CN(C)Cc1nc(N)c2ccccc2n1. The molecule has 0 atom stereocenters. The van der Waals surface area contributed by atoms with Crippen molar-refractivity contribution in [3.8, 4) is 0 Å². The Bertz CT molecular complexity index is 479. The monoisotopic (exact) mass is 202 g/mol. The number of hydrogen-bond donors (Lipinski definition) is 1. The van der Waals surface area contributed by atoms with Crippen molar-refractivity contribution in [1.82, 2.24) is 14.9 Å². The number of para-hydroxylation sites is 1. The van der Waals surface area contributed by atoms with Crippen LogP contribution in [0.4, 0.5) is 5.82 Å². The molecule has 0 unspecified atom stereocenters. The lowest BCUT2D eigenvalue weighted by atomic mass is 10.2. The number of aromatic nitrogens is 2. The molecule has 2 aromatic rings. The van der Waals surface area contributed by atoms with Crippen molar-refractivity contribution in [2.75, 3.05) is 19.8 Å². The van der Waals surface area contributed by atoms with E-state index in [0.29, 0.717) is 12.4 Å². The van der Waals surface area contributed by atoms with Crippen LogP contribution in [-0.2, 0) is 6.54 Å². The van der Waals surface area contributed by atoms with Gasteiger partial charge in [0, 0.05) is 5.39 Å². The normalized spacial score (nSPS) is 11.1. The number of rotatable bonds is 2. The van der Waals surface area contributed by atoms with Crippen LogP contribution in [0.15, 0.2) is 24.3 Å². The van der Waals surface area contributed by atoms with Crippen LogP contribution in [0.25, 0.3) is 10.9 Å². The third-order valence-corrected chi connectivity index (χ3v) is 2.14. The minimum atomic E-state index is 0.553. The zero-order valence-corrected chi connectivity index (χ0v) is 8.94. The summed E-state index contributed by atoms with van der Waals surface area (Å²) in [5, 5.41) is 0.917. The lowest BCUT2D eigenvalue weighted by Gasteiger charge is -2.09. The van der Waals surface area contributed by atoms with Crippen LogP contribution in [-0.4, -0.2) is 29.0 Å². The van der Waals surface area contributed by atoms with Crippen molar-refractivity contribution in [3.05, 3.63) is 30.1 Å². The topological polar surface area (TPSA) is 55.0 Å². The van der Waals surface area contributed by atoms with Gasteiger partial charge in [-0.3, -0.25) is 0 Å². The van der Waals surface area contributed by atoms with Gasteiger partial charge in [0.05, 0.1) is 12.1 Å². The van der Waals surface area contributed by atoms with Crippen LogP contribution < -0.4 is 5.73 Å². The van der Waals surface area contributed by atoms with E-state index in [1.54, 1.807) is 0 Å². The van der Waals surface area contributed by atoms with Crippen LogP contribution in [0, 0.1) is 0 Å². The highest BCUT2D eigenvalue weighted by Gasteiger charge is 2.04. The molecule has 0 aliphatic carbocycles. The summed E-state index contributed by atoms with van der Waals surface area (Å²) in [4.78, 5) is 10.7. The number of anilines is 1. The van der Waals surface area contributed by atoms with Crippen LogP contribution in [0.2, 0.25) is 0 Å². The largest absolute Gasteiger partial charge is 0.383 e. The number of nitrogen functional groups attached to an aromatic ring is 1. The molecule has 2 rings (SSSR count). The minimum Gasteiger partial charge on any atom is -0.383 e. The molecule has 0 amide bonds.